The monoisotopic (exact) mass is 531 g/mol. The van der Waals surface area contributed by atoms with Crippen molar-refractivity contribution in [3.63, 3.8) is 0 Å². The molecule has 5 rings (SSSR count). The van der Waals surface area contributed by atoms with E-state index in [1.165, 1.54) is 6.20 Å². The third-order valence-corrected chi connectivity index (χ3v) is 6.12. The molecule has 3 heterocycles. The molecule has 2 amide bonds. The van der Waals surface area contributed by atoms with Gasteiger partial charge in [-0.3, -0.25) is 4.98 Å². The summed E-state index contributed by atoms with van der Waals surface area (Å²) in [6.45, 7) is 1.07. The highest BCUT2D eigenvalue weighted by Gasteiger charge is 2.16. The molecule has 0 spiro atoms. The van der Waals surface area contributed by atoms with Crippen LogP contribution < -0.4 is 30.7 Å². The number of hydrogen-bond acceptors (Lipinski definition) is 8. The van der Waals surface area contributed by atoms with Gasteiger partial charge in [-0.2, -0.15) is 4.98 Å². The van der Waals surface area contributed by atoms with Crippen LogP contribution in [0, 0.1) is 0 Å². The second-order valence-electron chi connectivity index (χ2n) is 8.46. The van der Waals surface area contributed by atoms with Crippen molar-refractivity contribution in [3.05, 3.63) is 83.3 Å². The summed E-state index contributed by atoms with van der Waals surface area (Å²) in [5.41, 5.74) is 4.07. The van der Waals surface area contributed by atoms with E-state index in [4.69, 9.17) is 21.1 Å². The Morgan fingerprint density at radius 1 is 1.11 bits per heavy atom. The number of aromatic nitrogens is 3. The molecule has 0 unspecified atom stereocenters. The summed E-state index contributed by atoms with van der Waals surface area (Å²) < 4.78 is 11.3. The van der Waals surface area contributed by atoms with Gasteiger partial charge < -0.3 is 30.7 Å². The van der Waals surface area contributed by atoms with Crippen LogP contribution in [0.3, 0.4) is 0 Å². The lowest BCUT2D eigenvalue weighted by molar-refractivity contribution is 0.251. The molecule has 38 heavy (non-hydrogen) atoms. The highest BCUT2D eigenvalue weighted by molar-refractivity contribution is 6.32. The van der Waals surface area contributed by atoms with Crippen LogP contribution in [0.15, 0.2) is 67.1 Å². The summed E-state index contributed by atoms with van der Waals surface area (Å²) in [5.74, 6) is 2.16. The Morgan fingerprint density at radius 3 is 2.87 bits per heavy atom. The molecule has 11 heteroatoms. The first-order valence-electron chi connectivity index (χ1n) is 12.0. The van der Waals surface area contributed by atoms with E-state index >= 15 is 0 Å². The first-order valence-corrected chi connectivity index (χ1v) is 12.4. The minimum Gasteiger partial charge on any atom is -0.494 e. The molecule has 4 N–H and O–H groups in total. The van der Waals surface area contributed by atoms with Gasteiger partial charge in [-0.15, -0.1) is 0 Å². The second kappa shape index (κ2) is 11.7. The number of rotatable bonds is 8. The number of benzene rings is 2. The number of anilines is 5. The minimum atomic E-state index is -0.345. The quantitative estimate of drug-likeness (QED) is 0.229. The van der Waals surface area contributed by atoms with Crippen LogP contribution in [0.25, 0.3) is 0 Å². The van der Waals surface area contributed by atoms with E-state index < -0.39 is 0 Å². The fourth-order valence-corrected chi connectivity index (χ4v) is 4.14. The molecular formula is C27H26ClN7O3. The Kier molecular flexibility index (Phi) is 7.70. The SMILES string of the molecule is COc1cc(NC(=O)NCc2cccnc2)ccc1Nc1ncc(Cl)c(Nc2cccc3c2CCCO3)n1. The van der Waals surface area contributed by atoms with Crippen molar-refractivity contribution in [2.24, 2.45) is 0 Å². The van der Waals surface area contributed by atoms with Gasteiger partial charge in [0, 0.05) is 41.9 Å². The lowest BCUT2D eigenvalue weighted by Gasteiger charge is -2.21. The molecule has 0 fully saturated rings. The Bertz CT molecular complexity index is 1440. The van der Waals surface area contributed by atoms with Crippen LogP contribution in [-0.4, -0.2) is 34.7 Å². The molecule has 0 bridgehead atoms. The number of amides is 2. The van der Waals surface area contributed by atoms with Crippen molar-refractivity contribution >= 4 is 46.5 Å². The highest BCUT2D eigenvalue weighted by Crippen LogP contribution is 2.35. The minimum absolute atomic E-state index is 0.325. The topological polar surface area (TPSA) is 122 Å². The lowest BCUT2D eigenvalue weighted by atomic mass is 10.0. The number of hydrogen-bond donors (Lipinski definition) is 4. The maximum absolute atomic E-state index is 12.3. The summed E-state index contributed by atoms with van der Waals surface area (Å²) in [6, 6.07) is 14.5. The molecule has 0 radical (unpaired) electrons. The fourth-order valence-electron chi connectivity index (χ4n) is 4.00. The van der Waals surface area contributed by atoms with Gasteiger partial charge in [-0.1, -0.05) is 23.7 Å². The van der Waals surface area contributed by atoms with Crippen molar-refractivity contribution in [1.29, 1.82) is 0 Å². The van der Waals surface area contributed by atoms with E-state index in [0.29, 0.717) is 47.1 Å². The van der Waals surface area contributed by atoms with Crippen molar-refractivity contribution in [2.45, 2.75) is 19.4 Å². The second-order valence-corrected chi connectivity index (χ2v) is 8.87. The van der Waals surface area contributed by atoms with E-state index in [-0.39, 0.29) is 6.03 Å². The number of carbonyl (C=O) groups excluding carboxylic acids is 1. The van der Waals surface area contributed by atoms with Gasteiger partial charge in [0.05, 0.1) is 25.6 Å². The zero-order valence-electron chi connectivity index (χ0n) is 20.6. The normalized spacial score (nSPS) is 12.1. The lowest BCUT2D eigenvalue weighted by Crippen LogP contribution is -2.28. The van der Waals surface area contributed by atoms with E-state index in [1.807, 2.05) is 30.3 Å². The van der Waals surface area contributed by atoms with Crippen LogP contribution in [0.1, 0.15) is 17.5 Å². The molecule has 2 aromatic heterocycles. The molecule has 0 atom stereocenters. The number of carbonyl (C=O) groups is 1. The largest absolute Gasteiger partial charge is 0.494 e. The van der Waals surface area contributed by atoms with Gasteiger partial charge in [-0.05, 0) is 48.7 Å². The molecule has 2 aromatic carbocycles. The van der Waals surface area contributed by atoms with Crippen LogP contribution in [0.4, 0.5) is 33.6 Å². The molecule has 1 aliphatic rings. The molecule has 0 aliphatic carbocycles. The standard InChI is InChI=1S/C27H26ClN7O3/c1-37-24-13-18(32-27(36)31-15-17-5-3-11-29-14-17)9-10-22(24)34-26-30-16-20(28)25(35-26)33-21-7-2-8-23-19(21)6-4-12-38-23/h2-3,5,7-11,13-14,16H,4,6,12,15H2,1H3,(H2,31,32,36)(H2,30,33,34,35). The summed E-state index contributed by atoms with van der Waals surface area (Å²) in [4.78, 5) is 25.2. The third kappa shape index (κ3) is 6.04. The van der Waals surface area contributed by atoms with Gasteiger partial charge in [-0.25, -0.2) is 9.78 Å². The Labute approximate surface area is 224 Å². The maximum Gasteiger partial charge on any atom is 0.319 e. The van der Waals surface area contributed by atoms with E-state index in [1.54, 1.807) is 37.7 Å². The number of halogens is 1. The van der Waals surface area contributed by atoms with Gasteiger partial charge in [0.2, 0.25) is 5.95 Å². The van der Waals surface area contributed by atoms with E-state index in [2.05, 4.69) is 36.2 Å². The van der Waals surface area contributed by atoms with Crippen LogP contribution >= 0.6 is 11.6 Å². The summed E-state index contributed by atoms with van der Waals surface area (Å²) >= 11 is 6.40. The van der Waals surface area contributed by atoms with Crippen LogP contribution in [-0.2, 0) is 13.0 Å². The van der Waals surface area contributed by atoms with Crippen molar-refractivity contribution in [2.75, 3.05) is 29.7 Å². The van der Waals surface area contributed by atoms with Crippen LogP contribution in [0.2, 0.25) is 5.02 Å². The molecule has 0 saturated heterocycles. The molecule has 194 valence electrons. The van der Waals surface area contributed by atoms with Crippen molar-refractivity contribution < 1.29 is 14.3 Å². The number of urea groups is 1. The Morgan fingerprint density at radius 2 is 2.03 bits per heavy atom. The third-order valence-electron chi connectivity index (χ3n) is 5.84. The number of methoxy groups -OCH3 is 1. The van der Waals surface area contributed by atoms with Gasteiger partial charge >= 0.3 is 6.03 Å². The molecule has 4 aromatic rings. The molecule has 10 nitrogen and oxygen atoms in total. The van der Waals surface area contributed by atoms with E-state index in [0.717, 1.165) is 35.4 Å². The number of nitrogens with zero attached hydrogens (tertiary/aromatic N) is 3. The number of ether oxygens (including phenoxy) is 2. The zero-order valence-corrected chi connectivity index (χ0v) is 21.4. The van der Waals surface area contributed by atoms with Gasteiger partial charge in [0.15, 0.2) is 5.82 Å². The molecule has 0 saturated carbocycles. The summed E-state index contributed by atoms with van der Waals surface area (Å²) in [5, 5.41) is 12.5. The first-order chi connectivity index (χ1) is 18.6. The van der Waals surface area contributed by atoms with Gasteiger partial charge in [0.25, 0.3) is 0 Å². The molecular weight excluding hydrogens is 506 g/mol. The highest BCUT2D eigenvalue weighted by atomic mass is 35.5. The number of nitrogens with one attached hydrogen (secondary N) is 4. The average molecular weight is 532 g/mol. The van der Waals surface area contributed by atoms with E-state index in [9.17, 15) is 4.79 Å². The number of pyridine rings is 1. The zero-order chi connectivity index (χ0) is 26.3. The molecule has 1 aliphatic heterocycles. The smallest absolute Gasteiger partial charge is 0.319 e. The maximum atomic E-state index is 12.3. The van der Waals surface area contributed by atoms with Crippen molar-refractivity contribution in [1.82, 2.24) is 20.3 Å². The fraction of sp³-hybridized carbons (Fsp3) is 0.185. The Hall–Kier alpha value is -4.57. The summed E-state index contributed by atoms with van der Waals surface area (Å²) in [7, 11) is 1.54. The van der Waals surface area contributed by atoms with Gasteiger partial charge in [0.1, 0.15) is 16.5 Å². The summed E-state index contributed by atoms with van der Waals surface area (Å²) in [6.07, 6.45) is 6.77. The predicted octanol–water partition coefficient (Wildman–Crippen LogP) is 5.67. The average Bonchev–Trinajstić information content (AvgIpc) is 2.95. The number of fused-ring (bicyclic) bond motifs is 1. The first kappa shape index (κ1) is 25.1. The van der Waals surface area contributed by atoms with Crippen LogP contribution in [0.5, 0.6) is 11.5 Å². The Balaban J connectivity index is 1.27. The predicted molar refractivity (Wildman–Crippen MR) is 147 cm³/mol. The van der Waals surface area contributed by atoms with Crippen molar-refractivity contribution in [3.8, 4) is 11.5 Å².